The Labute approximate surface area is 134 Å². The number of nitrogens with two attached hydrogens (primary N) is 1. The summed E-state index contributed by atoms with van der Waals surface area (Å²) in [6.45, 7) is 1.84. The Kier molecular flexibility index (Phi) is 4.94. The molecule has 0 aliphatic rings. The molecule has 0 heterocycles. The smallest absolute Gasteiger partial charge is 0.231 e. The van der Waals surface area contributed by atoms with Crippen LogP contribution in [0, 0.1) is 0 Å². The van der Waals surface area contributed by atoms with Crippen molar-refractivity contribution in [2.45, 2.75) is 12.8 Å². The molecule has 0 aliphatic heterocycles. The lowest BCUT2D eigenvalue weighted by atomic mass is 10.0. The molecule has 0 fully saturated rings. The highest BCUT2D eigenvalue weighted by Gasteiger charge is 2.17. The first-order chi connectivity index (χ1) is 9.99. The van der Waals surface area contributed by atoms with Gasteiger partial charge in [-0.2, -0.15) is 0 Å². The lowest BCUT2D eigenvalue weighted by molar-refractivity contribution is -0.117. The van der Waals surface area contributed by atoms with Gasteiger partial charge in [-0.1, -0.05) is 54.2 Å². The lowest BCUT2D eigenvalue weighted by Crippen LogP contribution is -2.21. The summed E-state index contributed by atoms with van der Waals surface area (Å²) in [6.07, 6.45) is 0. The van der Waals surface area contributed by atoms with Crippen LogP contribution < -0.4 is 11.1 Å². The van der Waals surface area contributed by atoms with Crippen molar-refractivity contribution in [1.29, 1.82) is 0 Å². The predicted octanol–water partition coefficient (Wildman–Crippen LogP) is 3.72. The number of carbonyl (C=O) groups excluding carboxylic acids is 1. The molecule has 1 unspecified atom stereocenters. The Morgan fingerprint density at radius 3 is 2.52 bits per heavy atom. The molecule has 1 atom stereocenters. The minimum absolute atomic E-state index is 0.138. The number of nitrogens with one attached hydrogen (secondary N) is 1. The number of carbonyl (C=O) groups is 1. The van der Waals surface area contributed by atoms with Crippen molar-refractivity contribution in [2.75, 3.05) is 5.32 Å². The summed E-state index contributed by atoms with van der Waals surface area (Å²) in [5.74, 6) is -0.426. The van der Waals surface area contributed by atoms with E-state index in [1.807, 2.05) is 37.3 Å². The van der Waals surface area contributed by atoms with Gasteiger partial charge < -0.3 is 11.1 Å². The van der Waals surface area contributed by atoms with Gasteiger partial charge in [-0.05, 0) is 30.7 Å². The van der Waals surface area contributed by atoms with Crippen LogP contribution in [0.2, 0.25) is 5.02 Å². The third-order valence-electron chi connectivity index (χ3n) is 3.20. The molecule has 2 aromatic carbocycles. The first-order valence-electron chi connectivity index (χ1n) is 6.44. The Morgan fingerprint density at radius 2 is 1.90 bits per heavy atom. The molecule has 2 aromatic rings. The summed E-state index contributed by atoms with van der Waals surface area (Å²) in [7, 11) is 0. The van der Waals surface area contributed by atoms with Crippen LogP contribution in [0.25, 0.3) is 0 Å². The molecule has 3 N–H and O–H groups in total. The maximum atomic E-state index is 12.4. The van der Waals surface area contributed by atoms with Gasteiger partial charge >= 0.3 is 0 Å². The fourth-order valence-electron chi connectivity index (χ4n) is 1.97. The second kappa shape index (κ2) is 6.70. The third kappa shape index (κ3) is 3.80. The zero-order chi connectivity index (χ0) is 15.4. The normalized spacial score (nSPS) is 11.7. The fraction of sp³-hybridized carbons (Fsp3) is 0.125. The molecule has 0 aromatic heterocycles. The summed E-state index contributed by atoms with van der Waals surface area (Å²) in [6, 6.07) is 14.6. The molecule has 0 aliphatic carbocycles. The maximum absolute atomic E-state index is 12.4. The number of hydrogen-bond donors (Lipinski definition) is 2. The van der Waals surface area contributed by atoms with Crippen LogP contribution in [0.5, 0.6) is 0 Å². The highest BCUT2D eigenvalue weighted by atomic mass is 35.5. The van der Waals surface area contributed by atoms with Gasteiger partial charge in [-0.3, -0.25) is 4.79 Å². The van der Waals surface area contributed by atoms with Crippen molar-refractivity contribution < 1.29 is 4.79 Å². The van der Waals surface area contributed by atoms with Crippen LogP contribution >= 0.6 is 23.8 Å². The highest BCUT2D eigenvalue weighted by molar-refractivity contribution is 7.80. The maximum Gasteiger partial charge on any atom is 0.231 e. The van der Waals surface area contributed by atoms with E-state index in [9.17, 15) is 4.79 Å². The van der Waals surface area contributed by atoms with E-state index in [4.69, 9.17) is 29.6 Å². The summed E-state index contributed by atoms with van der Waals surface area (Å²) < 4.78 is 0. The largest absolute Gasteiger partial charge is 0.389 e. The van der Waals surface area contributed by atoms with Crippen molar-refractivity contribution in [3.05, 3.63) is 64.7 Å². The van der Waals surface area contributed by atoms with Gasteiger partial charge in [0.1, 0.15) is 4.99 Å². The van der Waals surface area contributed by atoms with Gasteiger partial charge in [-0.25, -0.2) is 0 Å². The van der Waals surface area contributed by atoms with Gasteiger partial charge in [0, 0.05) is 10.6 Å². The predicted molar refractivity (Wildman–Crippen MR) is 90.8 cm³/mol. The number of rotatable bonds is 4. The van der Waals surface area contributed by atoms with Crippen LogP contribution in [0.1, 0.15) is 24.0 Å². The molecule has 0 spiro atoms. The molecule has 0 radical (unpaired) electrons. The molecule has 3 nitrogen and oxygen atoms in total. The Morgan fingerprint density at radius 1 is 1.24 bits per heavy atom. The van der Waals surface area contributed by atoms with E-state index in [0.29, 0.717) is 16.3 Å². The quantitative estimate of drug-likeness (QED) is 0.845. The molecule has 0 bridgehead atoms. The first-order valence-corrected chi connectivity index (χ1v) is 7.23. The van der Waals surface area contributed by atoms with Crippen LogP contribution in [0.3, 0.4) is 0 Å². The molecule has 0 saturated carbocycles. The minimum Gasteiger partial charge on any atom is -0.389 e. The lowest BCUT2D eigenvalue weighted by Gasteiger charge is -2.15. The number of thiocarbonyl (C=S) groups is 1. The van der Waals surface area contributed by atoms with Crippen molar-refractivity contribution in [1.82, 2.24) is 0 Å². The summed E-state index contributed by atoms with van der Waals surface area (Å²) >= 11 is 11.0. The Bertz CT molecular complexity index is 673. The van der Waals surface area contributed by atoms with E-state index in [1.54, 1.807) is 18.2 Å². The van der Waals surface area contributed by atoms with Gasteiger partial charge in [-0.15, -0.1) is 0 Å². The third-order valence-corrected chi connectivity index (χ3v) is 3.65. The summed E-state index contributed by atoms with van der Waals surface area (Å²) in [4.78, 5) is 12.6. The van der Waals surface area contributed by atoms with Crippen molar-refractivity contribution in [2.24, 2.45) is 5.73 Å². The molecular weight excluding hydrogens is 304 g/mol. The standard InChI is InChI=1S/C16H15ClN2OS/c1-10(11-5-3-2-4-6-11)16(20)19-14-9-12(17)7-8-13(14)15(18)21/h2-10H,1H3,(H2,18,21)(H,19,20). The van der Waals surface area contributed by atoms with E-state index >= 15 is 0 Å². The molecule has 21 heavy (non-hydrogen) atoms. The number of hydrogen-bond acceptors (Lipinski definition) is 2. The second-order valence-corrected chi connectivity index (χ2v) is 5.55. The molecule has 1 amide bonds. The van der Waals surface area contributed by atoms with Crippen molar-refractivity contribution in [3.63, 3.8) is 0 Å². The van der Waals surface area contributed by atoms with Gasteiger partial charge in [0.15, 0.2) is 0 Å². The van der Waals surface area contributed by atoms with Crippen molar-refractivity contribution >= 4 is 40.4 Å². The zero-order valence-corrected chi connectivity index (χ0v) is 13.0. The SMILES string of the molecule is CC(C(=O)Nc1cc(Cl)ccc1C(N)=S)c1ccccc1. The van der Waals surface area contributed by atoms with E-state index in [1.165, 1.54) is 0 Å². The summed E-state index contributed by atoms with van der Waals surface area (Å²) in [5, 5.41) is 3.35. The molecular formula is C16H15ClN2OS. The van der Waals surface area contributed by atoms with Gasteiger partial charge in [0.2, 0.25) is 5.91 Å². The van der Waals surface area contributed by atoms with Crippen LogP contribution in [-0.4, -0.2) is 10.9 Å². The Hall–Kier alpha value is -1.91. The molecule has 108 valence electrons. The van der Waals surface area contributed by atoms with Gasteiger partial charge in [0.25, 0.3) is 0 Å². The topological polar surface area (TPSA) is 55.1 Å². The molecule has 2 rings (SSSR count). The number of halogens is 1. The van der Waals surface area contributed by atoms with E-state index in [2.05, 4.69) is 5.32 Å². The zero-order valence-electron chi connectivity index (χ0n) is 11.5. The number of benzene rings is 2. The minimum atomic E-state index is -0.288. The van der Waals surface area contributed by atoms with Crippen LogP contribution in [0.15, 0.2) is 48.5 Å². The number of anilines is 1. The Balaban J connectivity index is 2.24. The van der Waals surface area contributed by atoms with Crippen molar-refractivity contribution in [3.8, 4) is 0 Å². The highest BCUT2D eigenvalue weighted by Crippen LogP contribution is 2.23. The second-order valence-electron chi connectivity index (χ2n) is 4.68. The monoisotopic (exact) mass is 318 g/mol. The first kappa shape index (κ1) is 15.5. The van der Waals surface area contributed by atoms with E-state index in [0.717, 1.165) is 5.56 Å². The van der Waals surface area contributed by atoms with Gasteiger partial charge in [0.05, 0.1) is 11.6 Å². The summed E-state index contributed by atoms with van der Waals surface area (Å²) in [5.41, 5.74) is 7.73. The average molecular weight is 319 g/mol. The molecule has 0 saturated heterocycles. The van der Waals surface area contributed by atoms with E-state index in [-0.39, 0.29) is 16.8 Å². The number of amides is 1. The molecule has 5 heteroatoms. The fourth-order valence-corrected chi connectivity index (χ4v) is 2.32. The van der Waals surface area contributed by atoms with Crippen LogP contribution in [-0.2, 0) is 4.79 Å². The van der Waals surface area contributed by atoms with Crippen LogP contribution in [0.4, 0.5) is 5.69 Å². The van der Waals surface area contributed by atoms with E-state index < -0.39 is 0 Å². The average Bonchev–Trinajstić information content (AvgIpc) is 2.47.